The molecule has 8 heteroatoms. The molecule has 1 saturated heterocycles. The highest BCUT2D eigenvalue weighted by molar-refractivity contribution is 7.89. The highest BCUT2D eigenvalue weighted by atomic mass is 32.2. The molecule has 1 aromatic carbocycles. The molecule has 1 amide bonds. The molecule has 1 heterocycles. The lowest BCUT2D eigenvalue weighted by Crippen LogP contribution is -2.38. The summed E-state index contributed by atoms with van der Waals surface area (Å²) in [6.07, 6.45) is 5.22. The van der Waals surface area contributed by atoms with E-state index in [1.807, 2.05) is 0 Å². The minimum absolute atomic E-state index is 0.0372. The Hall–Kier alpha value is -1.93. The number of sulfonamides is 1. The number of rotatable bonds is 5. The van der Waals surface area contributed by atoms with E-state index in [0.717, 1.165) is 19.3 Å². The number of carboxylic acids is 1. The van der Waals surface area contributed by atoms with Crippen LogP contribution in [0.3, 0.4) is 0 Å². The summed E-state index contributed by atoms with van der Waals surface area (Å²) >= 11 is 0. The van der Waals surface area contributed by atoms with Crippen LogP contribution in [0.1, 0.15) is 55.3 Å². The predicted octanol–water partition coefficient (Wildman–Crippen LogP) is 2.23. The molecule has 3 rings (SSSR count). The zero-order valence-corrected chi connectivity index (χ0v) is 16.1. The SMILES string of the molecule is O=C(NC1CCC(C(=O)O)CC1)c1ccc(S(=O)(=O)N2CCCCC2)cc1. The minimum Gasteiger partial charge on any atom is -0.481 e. The van der Waals surface area contributed by atoms with Gasteiger partial charge < -0.3 is 10.4 Å². The first-order chi connectivity index (χ1) is 12.9. The third-order valence-electron chi connectivity index (χ3n) is 5.48. The van der Waals surface area contributed by atoms with Gasteiger partial charge in [-0.2, -0.15) is 4.31 Å². The first-order valence-corrected chi connectivity index (χ1v) is 11.0. The summed E-state index contributed by atoms with van der Waals surface area (Å²) in [4.78, 5) is 23.6. The number of nitrogens with one attached hydrogen (secondary N) is 1. The van der Waals surface area contributed by atoms with Gasteiger partial charge in [0.05, 0.1) is 10.8 Å². The third kappa shape index (κ3) is 4.68. The summed E-state index contributed by atoms with van der Waals surface area (Å²) < 4.78 is 26.8. The van der Waals surface area contributed by atoms with Crippen LogP contribution in [0.4, 0.5) is 0 Å². The lowest BCUT2D eigenvalue weighted by Gasteiger charge is -2.27. The standard InChI is InChI=1S/C19H26N2O5S/c22-18(20-16-8-4-15(5-9-16)19(23)24)14-6-10-17(11-7-14)27(25,26)21-12-2-1-3-13-21/h6-7,10-11,15-16H,1-5,8-9,12-13H2,(H,20,22)(H,23,24). The van der Waals surface area contributed by atoms with Crippen molar-refractivity contribution in [2.24, 2.45) is 5.92 Å². The highest BCUT2D eigenvalue weighted by Crippen LogP contribution is 2.25. The molecule has 0 unspecified atom stereocenters. The number of carbonyl (C=O) groups excluding carboxylic acids is 1. The molecule has 1 aliphatic heterocycles. The average Bonchev–Trinajstić information content (AvgIpc) is 2.69. The number of hydrogen-bond donors (Lipinski definition) is 2. The average molecular weight is 394 g/mol. The number of benzene rings is 1. The van der Waals surface area contributed by atoms with E-state index < -0.39 is 16.0 Å². The van der Waals surface area contributed by atoms with Crippen molar-refractivity contribution in [2.45, 2.75) is 55.9 Å². The second-order valence-corrected chi connectivity index (χ2v) is 9.29. The van der Waals surface area contributed by atoms with E-state index in [9.17, 15) is 18.0 Å². The van der Waals surface area contributed by atoms with Crippen molar-refractivity contribution < 1.29 is 23.1 Å². The normalized spacial score (nSPS) is 24.3. The fourth-order valence-electron chi connectivity index (χ4n) is 3.79. The molecule has 0 radical (unpaired) electrons. The highest BCUT2D eigenvalue weighted by Gasteiger charge is 2.28. The molecular formula is C19H26N2O5S. The van der Waals surface area contributed by atoms with E-state index in [4.69, 9.17) is 5.11 Å². The van der Waals surface area contributed by atoms with Gasteiger partial charge in [0, 0.05) is 24.7 Å². The van der Waals surface area contributed by atoms with Crippen molar-refractivity contribution in [2.75, 3.05) is 13.1 Å². The van der Waals surface area contributed by atoms with Gasteiger partial charge in [0.1, 0.15) is 0 Å². The van der Waals surface area contributed by atoms with Crippen LogP contribution >= 0.6 is 0 Å². The molecule has 0 aromatic heterocycles. The molecule has 2 N–H and O–H groups in total. The molecular weight excluding hydrogens is 368 g/mol. The second-order valence-electron chi connectivity index (χ2n) is 7.35. The van der Waals surface area contributed by atoms with E-state index in [1.54, 1.807) is 0 Å². The van der Waals surface area contributed by atoms with Gasteiger partial charge >= 0.3 is 5.97 Å². The third-order valence-corrected chi connectivity index (χ3v) is 7.39. The van der Waals surface area contributed by atoms with Crippen molar-refractivity contribution in [3.05, 3.63) is 29.8 Å². The van der Waals surface area contributed by atoms with Crippen LogP contribution in [0.15, 0.2) is 29.2 Å². The van der Waals surface area contributed by atoms with Crippen molar-refractivity contribution in [1.29, 1.82) is 0 Å². The maximum absolute atomic E-state index is 12.6. The molecule has 1 saturated carbocycles. The Morgan fingerprint density at radius 2 is 1.56 bits per heavy atom. The monoisotopic (exact) mass is 394 g/mol. The van der Waals surface area contributed by atoms with Crippen LogP contribution in [0.25, 0.3) is 0 Å². The summed E-state index contributed by atoms with van der Waals surface area (Å²) in [5.41, 5.74) is 0.410. The van der Waals surface area contributed by atoms with Gasteiger partial charge in [-0.1, -0.05) is 6.42 Å². The Bertz CT molecular complexity index is 777. The quantitative estimate of drug-likeness (QED) is 0.797. The van der Waals surface area contributed by atoms with Gasteiger partial charge in [0.25, 0.3) is 5.91 Å². The molecule has 1 aliphatic carbocycles. The minimum atomic E-state index is -3.50. The van der Waals surface area contributed by atoms with Crippen LogP contribution in [0.2, 0.25) is 0 Å². The van der Waals surface area contributed by atoms with Crippen LogP contribution in [-0.2, 0) is 14.8 Å². The molecule has 2 fully saturated rings. The Morgan fingerprint density at radius 1 is 0.963 bits per heavy atom. The van der Waals surface area contributed by atoms with E-state index in [0.29, 0.717) is 44.3 Å². The fraction of sp³-hybridized carbons (Fsp3) is 0.579. The van der Waals surface area contributed by atoms with Crippen molar-refractivity contribution in [3.63, 3.8) is 0 Å². The second kappa shape index (κ2) is 8.39. The lowest BCUT2D eigenvalue weighted by molar-refractivity contribution is -0.142. The Kier molecular flexibility index (Phi) is 6.16. The van der Waals surface area contributed by atoms with Crippen LogP contribution < -0.4 is 5.32 Å². The number of nitrogens with zero attached hydrogens (tertiary/aromatic N) is 1. The number of amides is 1. The van der Waals surface area contributed by atoms with Crippen LogP contribution in [-0.4, -0.2) is 48.8 Å². The van der Waals surface area contributed by atoms with Gasteiger partial charge in [-0.3, -0.25) is 9.59 Å². The summed E-state index contributed by atoms with van der Waals surface area (Å²) in [6, 6.07) is 6.01. The topological polar surface area (TPSA) is 104 Å². The maximum atomic E-state index is 12.6. The van der Waals surface area contributed by atoms with Gasteiger partial charge in [0.2, 0.25) is 10.0 Å². The Balaban J connectivity index is 1.60. The molecule has 0 spiro atoms. The first kappa shape index (κ1) is 19.8. The van der Waals surface area contributed by atoms with E-state index in [2.05, 4.69) is 5.32 Å². The lowest BCUT2D eigenvalue weighted by atomic mass is 9.86. The number of aliphatic carboxylic acids is 1. The van der Waals surface area contributed by atoms with Crippen LogP contribution in [0.5, 0.6) is 0 Å². The molecule has 2 aliphatic rings. The molecule has 148 valence electrons. The molecule has 1 aromatic rings. The molecule has 7 nitrogen and oxygen atoms in total. The zero-order chi connectivity index (χ0) is 19.4. The number of carbonyl (C=O) groups is 2. The number of hydrogen-bond acceptors (Lipinski definition) is 4. The fourth-order valence-corrected chi connectivity index (χ4v) is 5.30. The Morgan fingerprint density at radius 3 is 2.11 bits per heavy atom. The number of piperidine rings is 1. The molecule has 0 bridgehead atoms. The van der Waals surface area contributed by atoms with Crippen molar-refractivity contribution >= 4 is 21.9 Å². The zero-order valence-electron chi connectivity index (χ0n) is 15.3. The van der Waals surface area contributed by atoms with Crippen molar-refractivity contribution in [3.8, 4) is 0 Å². The predicted molar refractivity (Wildman–Crippen MR) is 99.9 cm³/mol. The van der Waals surface area contributed by atoms with Gasteiger partial charge in [-0.25, -0.2) is 8.42 Å². The largest absolute Gasteiger partial charge is 0.481 e. The first-order valence-electron chi connectivity index (χ1n) is 9.52. The van der Waals surface area contributed by atoms with Gasteiger partial charge in [0.15, 0.2) is 0 Å². The van der Waals surface area contributed by atoms with Crippen LogP contribution in [0, 0.1) is 5.92 Å². The molecule has 0 atom stereocenters. The van der Waals surface area contributed by atoms with Gasteiger partial charge in [-0.05, 0) is 62.8 Å². The van der Waals surface area contributed by atoms with Crippen molar-refractivity contribution in [1.82, 2.24) is 9.62 Å². The summed E-state index contributed by atoms with van der Waals surface area (Å²) in [5, 5.41) is 12.0. The van der Waals surface area contributed by atoms with E-state index >= 15 is 0 Å². The number of carboxylic acid groups (broad SMARTS) is 1. The summed E-state index contributed by atoms with van der Waals surface area (Å²) in [5.74, 6) is -1.35. The summed E-state index contributed by atoms with van der Waals surface area (Å²) in [6.45, 7) is 1.09. The van der Waals surface area contributed by atoms with E-state index in [-0.39, 0.29) is 22.8 Å². The molecule has 27 heavy (non-hydrogen) atoms. The smallest absolute Gasteiger partial charge is 0.306 e. The van der Waals surface area contributed by atoms with E-state index in [1.165, 1.54) is 28.6 Å². The van der Waals surface area contributed by atoms with Gasteiger partial charge in [-0.15, -0.1) is 0 Å². The maximum Gasteiger partial charge on any atom is 0.306 e. The Labute approximate surface area is 159 Å². The summed E-state index contributed by atoms with van der Waals surface area (Å²) in [7, 11) is -3.50.